The number of anilines is 4. The predicted molar refractivity (Wildman–Crippen MR) is 137 cm³/mol. The maximum atomic E-state index is 12.8. The molecule has 0 radical (unpaired) electrons. The number of rotatable bonds is 11. The van der Waals surface area contributed by atoms with Gasteiger partial charge in [0.05, 0.1) is 24.2 Å². The van der Waals surface area contributed by atoms with E-state index in [1.165, 1.54) is 24.5 Å². The van der Waals surface area contributed by atoms with E-state index in [9.17, 15) is 9.59 Å². The van der Waals surface area contributed by atoms with Crippen molar-refractivity contribution < 1.29 is 14.3 Å². The number of methoxy groups -OCH3 is 1. The number of likely N-dealkylation sites (N-methyl/N-ethyl adjacent to an activating group) is 2. The Hall–Kier alpha value is -4.31. The van der Waals surface area contributed by atoms with Crippen molar-refractivity contribution >= 4 is 34.7 Å². The number of carbonyl (C=O) groups excluding carboxylic acids is 2. The Kier molecular flexibility index (Phi) is 8.47. The van der Waals surface area contributed by atoms with Crippen molar-refractivity contribution in [3.63, 3.8) is 0 Å². The minimum absolute atomic E-state index is 0.202. The van der Waals surface area contributed by atoms with E-state index in [1.807, 2.05) is 32.1 Å². The van der Waals surface area contributed by atoms with Crippen LogP contribution in [0.4, 0.5) is 23.0 Å². The number of benzene rings is 1. The first-order valence-electron chi connectivity index (χ1n) is 10.9. The molecule has 1 amide bonds. The summed E-state index contributed by atoms with van der Waals surface area (Å²) < 4.78 is 5.60. The quantitative estimate of drug-likeness (QED) is 0.319. The molecule has 10 heteroatoms. The maximum Gasteiger partial charge on any atom is 0.247 e. The van der Waals surface area contributed by atoms with Crippen LogP contribution in [0.5, 0.6) is 5.75 Å². The number of aromatic nitrogens is 3. The molecule has 0 bridgehead atoms. The highest BCUT2D eigenvalue weighted by Crippen LogP contribution is 2.37. The van der Waals surface area contributed by atoms with Gasteiger partial charge in [0.25, 0.3) is 0 Å². The van der Waals surface area contributed by atoms with Gasteiger partial charge in [0, 0.05) is 50.4 Å². The van der Waals surface area contributed by atoms with Crippen molar-refractivity contribution in [2.45, 2.75) is 0 Å². The number of nitrogens with zero attached hydrogens (tertiary/aromatic N) is 5. The van der Waals surface area contributed by atoms with E-state index in [4.69, 9.17) is 4.74 Å². The van der Waals surface area contributed by atoms with Crippen LogP contribution in [0.1, 0.15) is 16.1 Å². The first-order chi connectivity index (χ1) is 16.8. The molecule has 2 N–H and O–H groups in total. The highest BCUT2D eigenvalue weighted by molar-refractivity contribution is 6.07. The molecular weight excluding hydrogens is 446 g/mol. The zero-order valence-electron chi connectivity index (χ0n) is 20.3. The summed E-state index contributed by atoms with van der Waals surface area (Å²) >= 11 is 0. The van der Waals surface area contributed by atoms with Crippen LogP contribution in [0.2, 0.25) is 0 Å². The van der Waals surface area contributed by atoms with Gasteiger partial charge in [0.15, 0.2) is 0 Å². The SMILES string of the molecule is C=CC(=O)Nc1cc(Nc2nccc(C(=O)c3cccnc3)n2)c(OC)cc1N(C)CCN(C)C. The Morgan fingerprint density at radius 2 is 1.91 bits per heavy atom. The van der Waals surface area contributed by atoms with Crippen LogP contribution in [-0.2, 0) is 4.79 Å². The van der Waals surface area contributed by atoms with Gasteiger partial charge in [-0.1, -0.05) is 6.58 Å². The van der Waals surface area contributed by atoms with Gasteiger partial charge >= 0.3 is 0 Å². The van der Waals surface area contributed by atoms with Crippen molar-refractivity contribution in [3.8, 4) is 5.75 Å². The molecule has 0 saturated heterocycles. The second kappa shape index (κ2) is 11.7. The summed E-state index contributed by atoms with van der Waals surface area (Å²) in [5, 5.41) is 5.95. The second-order valence-electron chi connectivity index (χ2n) is 7.95. The number of hydrogen-bond donors (Lipinski definition) is 2. The number of carbonyl (C=O) groups is 2. The standard InChI is InChI=1S/C25H29N7O3/c1-6-23(33)28-19-14-20(22(35-5)15-21(19)32(4)13-12-31(2)3)30-25-27-11-9-18(29-25)24(34)17-8-7-10-26-16-17/h6-11,14-16H,1,12-13H2,2-5H3,(H,28,33)(H,27,29,30). The van der Waals surface area contributed by atoms with Gasteiger partial charge in [-0.2, -0.15) is 0 Å². The molecule has 0 unspecified atom stereocenters. The summed E-state index contributed by atoms with van der Waals surface area (Å²) in [6.07, 6.45) is 5.79. The van der Waals surface area contributed by atoms with Gasteiger partial charge in [0.1, 0.15) is 11.4 Å². The van der Waals surface area contributed by atoms with Crippen molar-refractivity contribution in [2.24, 2.45) is 0 Å². The third kappa shape index (κ3) is 6.61. The molecule has 35 heavy (non-hydrogen) atoms. The van der Waals surface area contributed by atoms with Crippen molar-refractivity contribution in [1.29, 1.82) is 0 Å². The van der Waals surface area contributed by atoms with Crippen molar-refractivity contribution in [2.75, 3.05) is 56.9 Å². The van der Waals surface area contributed by atoms with E-state index >= 15 is 0 Å². The number of nitrogens with one attached hydrogen (secondary N) is 2. The molecule has 3 rings (SSSR count). The van der Waals surface area contributed by atoms with Crippen LogP contribution in [0.3, 0.4) is 0 Å². The number of ether oxygens (including phenoxy) is 1. The molecule has 0 atom stereocenters. The summed E-state index contributed by atoms with van der Waals surface area (Å²) in [7, 11) is 7.48. The monoisotopic (exact) mass is 475 g/mol. The van der Waals surface area contributed by atoms with Crippen LogP contribution < -0.4 is 20.3 Å². The molecule has 0 aliphatic rings. The van der Waals surface area contributed by atoms with Gasteiger partial charge in [-0.25, -0.2) is 9.97 Å². The molecule has 10 nitrogen and oxygen atoms in total. The molecule has 0 saturated carbocycles. The predicted octanol–water partition coefficient (Wildman–Crippen LogP) is 2.98. The number of hydrogen-bond acceptors (Lipinski definition) is 9. The molecule has 0 aliphatic heterocycles. The molecule has 1 aromatic carbocycles. The molecule has 2 aromatic heterocycles. The summed E-state index contributed by atoms with van der Waals surface area (Å²) in [6.45, 7) is 5.08. The van der Waals surface area contributed by atoms with E-state index in [0.29, 0.717) is 22.7 Å². The molecular formula is C25H29N7O3. The van der Waals surface area contributed by atoms with Crippen LogP contribution in [0, 0.1) is 0 Å². The molecule has 0 aliphatic carbocycles. The minimum atomic E-state index is -0.344. The minimum Gasteiger partial charge on any atom is -0.494 e. The van der Waals surface area contributed by atoms with Crippen LogP contribution in [0.25, 0.3) is 0 Å². The molecule has 3 aromatic rings. The lowest BCUT2D eigenvalue weighted by Gasteiger charge is -2.26. The highest BCUT2D eigenvalue weighted by atomic mass is 16.5. The summed E-state index contributed by atoms with van der Waals surface area (Å²) in [6, 6.07) is 8.46. The van der Waals surface area contributed by atoms with Gasteiger partial charge in [-0.3, -0.25) is 14.6 Å². The first kappa shape index (κ1) is 25.3. The summed E-state index contributed by atoms with van der Waals surface area (Å²) in [4.78, 5) is 41.6. The number of pyridine rings is 1. The lowest BCUT2D eigenvalue weighted by molar-refractivity contribution is -0.111. The summed E-state index contributed by atoms with van der Waals surface area (Å²) in [5.41, 5.74) is 2.49. The van der Waals surface area contributed by atoms with Gasteiger partial charge < -0.3 is 25.2 Å². The van der Waals surface area contributed by atoms with Crippen molar-refractivity contribution in [1.82, 2.24) is 19.9 Å². The van der Waals surface area contributed by atoms with Gasteiger partial charge in [-0.15, -0.1) is 0 Å². The lowest BCUT2D eigenvalue weighted by atomic mass is 10.1. The van der Waals surface area contributed by atoms with E-state index in [2.05, 4.69) is 37.1 Å². The fraction of sp³-hybridized carbons (Fsp3) is 0.240. The Morgan fingerprint density at radius 3 is 2.57 bits per heavy atom. The van der Waals surface area contributed by atoms with E-state index < -0.39 is 0 Å². The van der Waals surface area contributed by atoms with Crippen LogP contribution >= 0.6 is 0 Å². The zero-order valence-corrected chi connectivity index (χ0v) is 20.3. The normalized spacial score (nSPS) is 10.5. The number of ketones is 1. The van der Waals surface area contributed by atoms with Crippen molar-refractivity contribution in [3.05, 3.63) is 72.8 Å². The Morgan fingerprint density at radius 1 is 1.11 bits per heavy atom. The zero-order chi connectivity index (χ0) is 25.4. The Balaban J connectivity index is 1.95. The van der Waals surface area contributed by atoms with Crippen LogP contribution in [-0.4, -0.2) is 72.9 Å². The third-order valence-electron chi connectivity index (χ3n) is 5.11. The topological polar surface area (TPSA) is 113 Å². The molecule has 0 fully saturated rings. The van der Waals surface area contributed by atoms with E-state index in [0.717, 1.165) is 18.8 Å². The van der Waals surface area contributed by atoms with Gasteiger partial charge in [0.2, 0.25) is 17.6 Å². The smallest absolute Gasteiger partial charge is 0.247 e. The largest absolute Gasteiger partial charge is 0.494 e. The summed E-state index contributed by atoms with van der Waals surface area (Å²) in [5.74, 6) is 0.102. The molecule has 0 spiro atoms. The Bertz CT molecular complexity index is 1200. The first-order valence-corrected chi connectivity index (χ1v) is 10.9. The number of amides is 1. The fourth-order valence-corrected chi connectivity index (χ4v) is 3.22. The van der Waals surface area contributed by atoms with E-state index in [-0.39, 0.29) is 23.3 Å². The second-order valence-corrected chi connectivity index (χ2v) is 7.95. The maximum absolute atomic E-state index is 12.8. The van der Waals surface area contributed by atoms with Gasteiger partial charge in [-0.05, 0) is 44.4 Å². The average molecular weight is 476 g/mol. The fourth-order valence-electron chi connectivity index (χ4n) is 3.22. The average Bonchev–Trinajstić information content (AvgIpc) is 2.87. The van der Waals surface area contributed by atoms with Crippen LogP contribution in [0.15, 0.2) is 61.6 Å². The third-order valence-corrected chi connectivity index (χ3v) is 5.11. The molecule has 182 valence electrons. The molecule has 2 heterocycles. The highest BCUT2D eigenvalue weighted by Gasteiger charge is 2.17. The lowest BCUT2D eigenvalue weighted by Crippen LogP contribution is -2.29. The Labute approximate surface area is 204 Å². The van der Waals surface area contributed by atoms with E-state index in [1.54, 1.807) is 31.5 Å².